The molecule has 128 valence electrons. The minimum Gasteiger partial charge on any atom is -0.480 e. The van der Waals surface area contributed by atoms with E-state index in [0.29, 0.717) is 6.54 Å². The minimum absolute atomic E-state index is 0.0451. The minimum atomic E-state index is -1.06. The van der Waals surface area contributed by atoms with Crippen LogP contribution in [0.2, 0.25) is 0 Å². The Balaban J connectivity index is 2.23. The van der Waals surface area contributed by atoms with Crippen molar-refractivity contribution >= 4 is 23.5 Å². The van der Waals surface area contributed by atoms with Gasteiger partial charge >= 0.3 is 5.97 Å². The second kappa shape index (κ2) is 6.94. The Morgan fingerprint density at radius 3 is 2.62 bits per heavy atom. The molecule has 2 heterocycles. The predicted octanol–water partition coefficient (Wildman–Crippen LogP) is 0.138. The summed E-state index contributed by atoms with van der Waals surface area (Å²) in [5.41, 5.74) is 0.581. The van der Waals surface area contributed by atoms with Gasteiger partial charge in [0.25, 0.3) is 11.8 Å². The molecule has 10 nitrogen and oxygen atoms in total. The van der Waals surface area contributed by atoms with Gasteiger partial charge in [-0.3, -0.25) is 23.7 Å². The molecule has 2 amide bonds. The number of aryl methyl sites for hydroxylation is 1. The summed E-state index contributed by atoms with van der Waals surface area (Å²) in [6.45, 7) is 1.96. The summed E-state index contributed by atoms with van der Waals surface area (Å²) in [5.74, 6) is -1.91. The van der Waals surface area contributed by atoms with Crippen LogP contribution in [0.5, 0.6) is 0 Å². The number of carbonyl (C=O) groups is 3. The third-order valence-electron chi connectivity index (χ3n) is 3.17. The van der Waals surface area contributed by atoms with E-state index in [-0.39, 0.29) is 29.5 Å². The van der Waals surface area contributed by atoms with Crippen molar-refractivity contribution < 1.29 is 19.5 Å². The van der Waals surface area contributed by atoms with Crippen molar-refractivity contribution in [1.82, 2.24) is 24.5 Å². The number of anilines is 1. The van der Waals surface area contributed by atoms with Crippen molar-refractivity contribution in [3.05, 3.63) is 29.8 Å². The molecule has 0 aromatic carbocycles. The average molecular weight is 334 g/mol. The van der Waals surface area contributed by atoms with Gasteiger partial charge in [0.1, 0.15) is 12.2 Å². The molecule has 0 unspecified atom stereocenters. The first kappa shape index (κ1) is 17.2. The van der Waals surface area contributed by atoms with Gasteiger partial charge in [-0.05, 0) is 13.0 Å². The van der Waals surface area contributed by atoms with Gasteiger partial charge in [0.2, 0.25) is 0 Å². The lowest BCUT2D eigenvalue weighted by Gasteiger charge is -2.13. The third kappa shape index (κ3) is 3.59. The van der Waals surface area contributed by atoms with Gasteiger partial charge in [0, 0.05) is 26.8 Å². The maximum Gasteiger partial charge on any atom is 0.325 e. The highest BCUT2D eigenvalue weighted by Gasteiger charge is 2.22. The highest BCUT2D eigenvalue weighted by Crippen LogP contribution is 2.17. The molecule has 2 aromatic heterocycles. The van der Waals surface area contributed by atoms with E-state index in [0.717, 1.165) is 4.68 Å². The highest BCUT2D eigenvalue weighted by molar-refractivity contribution is 6.07. The standard InChI is InChI=1S/C14H18N6O4/c1-4-20-12(14(24)18(2)3)10(7-15-20)16-13(23)9-5-6-19(17-9)8-11(21)22/h5-7H,4,8H2,1-3H3,(H,16,23)(H,21,22). The molecule has 0 bridgehead atoms. The zero-order valence-corrected chi connectivity index (χ0v) is 13.6. The highest BCUT2D eigenvalue weighted by atomic mass is 16.4. The summed E-state index contributed by atoms with van der Waals surface area (Å²) >= 11 is 0. The van der Waals surface area contributed by atoms with Crippen molar-refractivity contribution in [2.45, 2.75) is 20.0 Å². The van der Waals surface area contributed by atoms with Gasteiger partial charge in [-0.15, -0.1) is 0 Å². The fraction of sp³-hybridized carbons (Fsp3) is 0.357. The van der Waals surface area contributed by atoms with Gasteiger partial charge in [-0.2, -0.15) is 10.2 Å². The summed E-state index contributed by atoms with van der Waals surface area (Å²) < 4.78 is 2.62. The van der Waals surface area contributed by atoms with Crippen molar-refractivity contribution in [2.75, 3.05) is 19.4 Å². The molecule has 0 radical (unpaired) electrons. The van der Waals surface area contributed by atoms with Gasteiger partial charge in [0.15, 0.2) is 5.69 Å². The van der Waals surface area contributed by atoms with Crippen LogP contribution in [0.15, 0.2) is 18.5 Å². The SMILES string of the molecule is CCn1ncc(NC(=O)c2ccn(CC(=O)O)n2)c1C(=O)N(C)C. The molecule has 0 aliphatic heterocycles. The number of amides is 2. The quantitative estimate of drug-likeness (QED) is 0.774. The lowest BCUT2D eigenvalue weighted by Crippen LogP contribution is -2.26. The number of aromatic nitrogens is 4. The van der Waals surface area contributed by atoms with Gasteiger partial charge < -0.3 is 15.3 Å². The second-order valence-corrected chi connectivity index (χ2v) is 5.17. The molecule has 0 spiro atoms. The van der Waals surface area contributed by atoms with Gasteiger partial charge in [0.05, 0.1) is 11.9 Å². The van der Waals surface area contributed by atoms with Crippen LogP contribution in [0, 0.1) is 0 Å². The van der Waals surface area contributed by atoms with Crippen LogP contribution < -0.4 is 5.32 Å². The van der Waals surface area contributed by atoms with Crippen LogP contribution >= 0.6 is 0 Å². The summed E-state index contributed by atoms with van der Waals surface area (Å²) in [6, 6.07) is 1.40. The molecule has 10 heteroatoms. The normalized spacial score (nSPS) is 10.5. The predicted molar refractivity (Wildman–Crippen MR) is 83.7 cm³/mol. The number of carbonyl (C=O) groups excluding carboxylic acids is 2. The van der Waals surface area contributed by atoms with Crippen molar-refractivity contribution in [3.63, 3.8) is 0 Å². The summed E-state index contributed by atoms with van der Waals surface area (Å²) in [4.78, 5) is 36.6. The van der Waals surface area contributed by atoms with Crippen LogP contribution in [-0.2, 0) is 17.9 Å². The third-order valence-corrected chi connectivity index (χ3v) is 3.17. The molecule has 0 aliphatic rings. The zero-order valence-electron chi connectivity index (χ0n) is 13.6. The number of carboxylic acids is 1. The van der Waals surface area contributed by atoms with Crippen LogP contribution in [0.3, 0.4) is 0 Å². The first-order chi connectivity index (χ1) is 11.3. The second-order valence-electron chi connectivity index (χ2n) is 5.17. The zero-order chi connectivity index (χ0) is 17.9. The topological polar surface area (TPSA) is 122 Å². The monoisotopic (exact) mass is 334 g/mol. The van der Waals surface area contributed by atoms with Crippen molar-refractivity contribution in [2.24, 2.45) is 0 Å². The fourth-order valence-electron chi connectivity index (χ4n) is 2.05. The smallest absolute Gasteiger partial charge is 0.325 e. The first-order valence-electron chi connectivity index (χ1n) is 7.17. The molecule has 0 fully saturated rings. The van der Waals surface area contributed by atoms with E-state index in [1.165, 1.54) is 28.0 Å². The Morgan fingerprint density at radius 1 is 1.33 bits per heavy atom. The van der Waals surface area contributed by atoms with Crippen molar-refractivity contribution in [3.8, 4) is 0 Å². The largest absolute Gasteiger partial charge is 0.480 e. The van der Waals surface area contributed by atoms with Crippen LogP contribution in [-0.4, -0.2) is 61.4 Å². The van der Waals surface area contributed by atoms with Gasteiger partial charge in [-0.25, -0.2) is 0 Å². The van der Waals surface area contributed by atoms with E-state index in [1.807, 2.05) is 6.92 Å². The molecule has 2 aromatic rings. The Bertz CT molecular complexity index is 776. The number of hydrogen-bond donors (Lipinski definition) is 2. The molecular weight excluding hydrogens is 316 g/mol. The Morgan fingerprint density at radius 2 is 2.04 bits per heavy atom. The van der Waals surface area contributed by atoms with E-state index in [1.54, 1.807) is 14.1 Å². The van der Waals surface area contributed by atoms with Crippen LogP contribution in [0.1, 0.15) is 27.9 Å². The Hall–Kier alpha value is -3.17. The molecule has 0 saturated heterocycles. The van der Waals surface area contributed by atoms with E-state index in [9.17, 15) is 14.4 Å². The molecule has 2 N–H and O–H groups in total. The number of hydrogen-bond acceptors (Lipinski definition) is 5. The van der Waals surface area contributed by atoms with Gasteiger partial charge in [-0.1, -0.05) is 0 Å². The average Bonchev–Trinajstić information content (AvgIpc) is 3.12. The molecular formula is C14H18N6O4. The number of rotatable bonds is 6. The van der Waals surface area contributed by atoms with Crippen LogP contribution in [0.4, 0.5) is 5.69 Å². The van der Waals surface area contributed by atoms with E-state index in [2.05, 4.69) is 15.5 Å². The first-order valence-corrected chi connectivity index (χ1v) is 7.17. The molecule has 0 atom stereocenters. The van der Waals surface area contributed by atoms with Crippen molar-refractivity contribution in [1.29, 1.82) is 0 Å². The maximum absolute atomic E-state index is 12.3. The molecule has 24 heavy (non-hydrogen) atoms. The lowest BCUT2D eigenvalue weighted by molar-refractivity contribution is -0.137. The summed E-state index contributed by atoms with van der Waals surface area (Å²) in [7, 11) is 3.21. The molecule has 0 saturated carbocycles. The Kier molecular flexibility index (Phi) is 4.97. The van der Waals surface area contributed by atoms with Crippen LogP contribution in [0.25, 0.3) is 0 Å². The van der Waals surface area contributed by atoms with E-state index in [4.69, 9.17) is 5.11 Å². The van der Waals surface area contributed by atoms with E-state index < -0.39 is 11.9 Å². The Labute approximate surface area is 137 Å². The molecule has 2 rings (SSSR count). The fourth-order valence-corrected chi connectivity index (χ4v) is 2.05. The lowest BCUT2D eigenvalue weighted by atomic mass is 10.3. The maximum atomic E-state index is 12.3. The van der Waals surface area contributed by atoms with E-state index >= 15 is 0 Å². The molecule has 0 aliphatic carbocycles. The number of carboxylic acid groups (broad SMARTS) is 1. The summed E-state index contributed by atoms with van der Waals surface area (Å²) in [6.07, 6.45) is 2.79. The summed E-state index contributed by atoms with van der Waals surface area (Å²) in [5, 5.41) is 19.3. The number of nitrogens with one attached hydrogen (secondary N) is 1. The number of aliphatic carboxylic acids is 1. The number of nitrogens with zero attached hydrogens (tertiary/aromatic N) is 5.